The number of hydrogen-bond acceptors (Lipinski definition) is 4. The maximum Gasteiger partial charge on any atom is 0.119 e. The molecule has 2 N–H and O–H groups in total. The van der Waals surface area contributed by atoms with Crippen molar-refractivity contribution in [2.24, 2.45) is 5.73 Å². The second-order valence-electron chi connectivity index (χ2n) is 4.69. The fourth-order valence-electron chi connectivity index (χ4n) is 1.96. The van der Waals surface area contributed by atoms with Crippen LogP contribution in [-0.4, -0.2) is 19.3 Å². The minimum atomic E-state index is -0.0781. The summed E-state index contributed by atoms with van der Waals surface area (Å²) in [5.74, 6) is 0.858. The standard InChI is InChI=1S/C16H20BrNO2S/c1-2-14(18)16(15-10-12(17)11-21-15)20-9-8-19-13-6-4-3-5-7-13/h3-7,10-11,14,16H,2,8-9,18H2,1H3. The SMILES string of the molecule is CCC(N)C(OCCOc1ccccc1)c1cc(Br)cs1. The summed E-state index contributed by atoms with van der Waals surface area (Å²) in [7, 11) is 0. The number of ether oxygens (including phenoxy) is 2. The summed E-state index contributed by atoms with van der Waals surface area (Å²) in [6, 6.07) is 11.8. The van der Waals surface area contributed by atoms with E-state index in [1.54, 1.807) is 11.3 Å². The maximum atomic E-state index is 6.18. The van der Waals surface area contributed by atoms with Crippen LogP contribution in [-0.2, 0) is 4.74 Å². The predicted octanol–water partition coefficient (Wildman–Crippen LogP) is 4.38. The molecule has 0 saturated heterocycles. The van der Waals surface area contributed by atoms with E-state index in [9.17, 15) is 0 Å². The topological polar surface area (TPSA) is 44.5 Å². The highest BCUT2D eigenvalue weighted by atomic mass is 79.9. The van der Waals surface area contributed by atoms with Crippen LogP contribution in [0.2, 0.25) is 0 Å². The van der Waals surface area contributed by atoms with Gasteiger partial charge in [-0.3, -0.25) is 0 Å². The van der Waals surface area contributed by atoms with Crippen molar-refractivity contribution in [2.75, 3.05) is 13.2 Å². The van der Waals surface area contributed by atoms with E-state index in [2.05, 4.69) is 34.3 Å². The summed E-state index contributed by atoms with van der Waals surface area (Å²) in [6.07, 6.45) is 0.797. The molecular weight excluding hydrogens is 350 g/mol. The normalized spacial score (nSPS) is 13.9. The molecule has 0 aliphatic heterocycles. The summed E-state index contributed by atoms with van der Waals surface area (Å²) < 4.78 is 12.7. The molecule has 1 aromatic carbocycles. The third-order valence-electron chi connectivity index (χ3n) is 3.12. The van der Waals surface area contributed by atoms with E-state index < -0.39 is 0 Å². The minimum Gasteiger partial charge on any atom is -0.491 e. The maximum absolute atomic E-state index is 6.18. The summed E-state index contributed by atoms with van der Waals surface area (Å²) in [5.41, 5.74) is 6.18. The van der Waals surface area contributed by atoms with Crippen molar-refractivity contribution in [3.63, 3.8) is 0 Å². The quantitative estimate of drug-likeness (QED) is 0.701. The Hall–Kier alpha value is -0.880. The average Bonchev–Trinajstić information content (AvgIpc) is 2.94. The molecule has 2 aromatic rings. The van der Waals surface area contributed by atoms with E-state index in [1.165, 1.54) is 0 Å². The lowest BCUT2D eigenvalue weighted by molar-refractivity contribution is 0.0188. The van der Waals surface area contributed by atoms with Gasteiger partial charge in [0.2, 0.25) is 0 Å². The molecule has 114 valence electrons. The van der Waals surface area contributed by atoms with E-state index >= 15 is 0 Å². The molecule has 21 heavy (non-hydrogen) atoms. The van der Waals surface area contributed by atoms with Gasteiger partial charge in [0.25, 0.3) is 0 Å². The van der Waals surface area contributed by atoms with Crippen LogP contribution < -0.4 is 10.5 Å². The van der Waals surface area contributed by atoms with Crippen LogP contribution in [0, 0.1) is 0 Å². The fourth-order valence-corrected chi connectivity index (χ4v) is 3.53. The predicted molar refractivity (Wildman–Crippen MR) is 90.9 cm³/mol. The number of nitrogens with two attached hydrogens (primary N) is 1. The molecule has 0 aliphatic rings. The molecular formula is C16H20BrNO2S. The molecule has 2 atom stereocenters. The molecule has 0 fully saturated rings. The lowest BCUT2D eigenvalue weighted by Gasteiger charge is -2.22. The number of benzene rings is 1. The molecule has 3 nitrogen and oxygen atoms in total. The Kier molecular flexibility index (Phi) is 6.70. The Labute approximate surface area is 138 Å². The number of halogens is 1. The first-order valence-electron chi connectivity index (χ1n) is 6.99. The Balaban J connectivity index is 1.85. The smallest absolute Gasteiger partial charge is 0.119 e. The number of para-hydroxylation sites is 1. The largest absolute Gasteiger partial charge is 0.491 e. The Morgan fingerprint density at radius 2 is 2.00 bits per heavy atom. The van der Waals surface area contributed by atoms with Crippen LogP contribution in [0.15, 0.2) is 46.3 Å². The van der Waals surface area contributed by atoms with Gasteiger partial charge in [0, 0.05) is 20.8 Å². The van der Waals surface area contributed by atoms with E-state index in [4.69, 9.17) is 15.2 Å². The van der Waals surface area contributed by atoms with E-state index in [0.29, 0.717) is 13.2 Å². The lowest BCUT2D eigenvalue weighted by Crippen LogP contribution is -2.30. The van der Waals surface area contributed by atoms with Gasteiger partial charge in [-0.05, 0) is 40.5 Å². The third kappa shape index (κ3) is 5.11. The van der Waals surface area contributed by atoms with Gasteiger partial charge < -0.3 is 15.2 Å². The van der Waals surface area contributed by atoms with Crippen LogP contribution in [0.3, 0.4) is 0 Å². The zero-order chi connectivity index (χ0) is 15.1. The van der Waals surface area contributed by atoms with Crippen molar-refractivity contribution in [1.82, 2.24) is 0 Å². The molecule has 0 saturated carbocycles. The summed E-state index contributed by atoms with van der Waals surface area (Å²) in [6.45, 7) is 3.11. The minimum absolute atomic E-state index is 0.00715. The molecule has 0 bridgehead atoms. The highest BCUT2D eigenvalue weighted by molar-refractivity contribution is 9.10. The molecule has 0 aliphatic carbocycles. The van der Waals surface area contributed by atoms with Gasteiger partial charge in [0.15, 0.2) is 0 Å². The van der Waals surface area contributed by atoms with Crippen molar-refractivity contribution >= 4 is 27.3 Å². The van der Waals surface area contributed by atoms with Crippen LogP contribution in [0.4, 0.5) is 0 Å². The Bertz CT molecular complexity index is 532. The number of hydrogen-bond donors (Lipinski definition) is 1. The van der Waals surface area contributed by atoms with Crippen LogP contribution in [0.25, 0.3) is 0 Å². The highest BCUT2D eigenvalue weighted by Gasteiger charge is 2.20. The van der Waals surface area contributed by atoms with Gasteiger partial charge in [-0.15, -0.1) is 11.3 Å². The summed E-state index contributed by atoms with van der Waals surface area (Å²) in [5, 5.41) is 2.05. The number of rotatable bonds is 8. The second kappa shape index (κ2) is 8.54. The van der Waals surface area contributed by atoms with Crippen molar-refractivity contribution in [3.8, 4) is 5.75 Å². The number of thiophene rings is 1. The second-order valence-corrected chi connectivity index (χ2v) is 6.55. The summed E-state index contributed by atoms with van der Waals surface area (Å²) in [4.78, 5) is 1.15. The van der Waals surface area contributed by atoms with Crippen LogP contribution >= 0.6 is 27.3 Å². The first-order valence-corrected chi connectivity index (χ1v) is 8.67. The molecule has 0 amide bonds. The molecule has 2 unspecified atom stereocenters. The zero-order valence-electron chi connectivity index (χ0n) is 12.0. The van der Waals surface area contributed by atoms with Gasteiger partial charge >= 0.3 is 0 Å². The first-order chi connectivity index (χ1) is 10.2. The molecule has 2 rings (SSSR count). The van der Waals surface area contributed by atoms with E-state index in [-0.39, 0.29) is 12.1 Å². The van der Waals surface area contributed by atoms with Crippen LogP contribution in [0.5, 0.6) is 5.75 Å². The molecule has 1 aromatic heterocycles. The van der Waals surface area contributed by atoms with Gasteiger partial charge in [-0.2, -0.15) is 0 Å². The van der Waals surface area contributed by atoms with Gasteiger partial charge in [-0.1, -0.05) is 25.1 Å². The van der Waals surface area contributed by atoms with Crippen molar-refractivity contribution < 1.29 is 9.47 Å². The van der Waals surface area contributed by atoms with E-state index in [1.807, 2.05) is 30.3 Å². The van der Waals surface area contributed by atoms with Gasteiger partial charge in [0.1, 0.15) is 18.5 Å². The van der Waals surface area contributed by atoms with Gasteiger partial charge in [-0.25, -0.2) is 0 Å². The Morgan fingerprint density at radius 3 is 2.62 bits per heavy atom. The lowest BCUT2D eigenvalue weighted by atomic mass is 10.1. The molecule has 1 heterocycles. The van der Waals surface area contributed by atoms with E-state index in [0.717, 1.165) is 21.5 Å². The molecule has 0 radical (unpaired) electrons. The fraction of sp³-hybridized carbons (Fsp3) is 0.375. The monoisotopic (exact) mass is 369 g/mol. The van der Waals surface area contributed by atoms with Crippen LogP contribution in [0.1, 0.15) is 24.3 Å². The van der Waals surface area contributed by atoms with Crippen molar-refractivity contribution in [1.29, 1.82) is 0 Å². The molecule has 5 heteroatoms. The van der Waals surface area contributed by atoms with Gasteiger partial charge in [0.05, 0.1) is 6.61 Å². The summed E-state index contributed by atoms with van der Waals surface area (Å²) >= 11 is 5.14. The van der Waals surface area contributed by atoms with Crippen molar-refractivity contribution in [2.45, 2.75) is 25.5 Å². The third-order valence-corrected chi connectivity index (χ3v) is 4.88. The first kappa shape index (κ1) is 16.5. The van der Waals surface area contributed by atoms with Crippen molar-refractivity contribution in [3.05, 3.63) is 51.1 Å². The Morgan fingerprint density at radius 1 is 1.24 bits per heavy atom. The molecule has 0 spiro atoms. The zero-order valence-corrected chi connectivity index (χ0v) is 14.4. The highest BCUT2D eigenvalue weighted by Crippen LogP contribution is 2.30. The average molecular weight is 370 g/mol.